The van der Waals surface area contributed by atoms with Gasteiger partial charge in [0, 0.05) is 32.1 Å². The number of nitro benzene ring substituents is 2. The van der Waals surface area contributed by atoms with Crippen molar-refractivity contribution in [1.29, 1.82) is 0 Å². The van der Waals surface area contributed by atoms with Gasteiger partial charge in [0.2, 0.25) is 5.91 Å². The van der Waals surface area contributed by atoms with E-state index in [2.05, 4.69) is 19.8 Å². The molecule has 34 heavy (non-hydrogen) atoms. The third kappa shape index (κ3) is 5.95. The molecule has 0 aliphatic heterocycles. The van der Waals surface area contributed by atoms with Gasteiger partial charge >= 0.3 is 17.6 Å². The highest BCUT2D eigenvalue weighted by Gasteiger charge is 2.27. The summed E-state index contributed by atoms with van der Waals surface area (Å²) in [5.74, 6) is 0.0679. The lowest BCUT2D eigenvalue weighted by Crippen LogP contribution is -2.22. The first-order chi connectivity index (χ1) is 16.2. The molecule has 0 aromatic heterocycles. The number of benzene rings is 2. The molecule has 0 bridgehead atoms. The standard InChI is InChI=1S/C20H21N7O6S/c1-6-25(7-2)17-8-13(22-12(3)28)14(9-19(17)33-5)23-24-15-10-20(34-21-4)18(27(31)32)11-16(15)26(29)30/h8-11H,6-7H2,1-3,5H3,(H,22,28). The van der Waals surface area contributed by atoms with Crippen molar-refractivity contribution in [3.05, 3.63) is 55.3 Å². The van der Waals surface area contributed by atoms with E-state index in [-0.39, 0.29) is 22.2 Å². The predicted molar refractivity (Wildman–Crippen MR) is 127 cm³/mol. The van der Waals surface area contributed by atoms with Crippen LogP contribution in [-0.4, -0.2) is 36.0 Å². The number of anilines is 2. The molecule has 2 rings (SSSR count). The minimum Gasteiger partial charge on any atom is -0.494 e. The van der Waals surface area contributed by atoms with Crippen LogP contribution in [-0.2, 0) is 4.79 Å². The van der Waals surface area contributed by atoms with Gasteiger partial charge in [-0.1, -0.05) is 0 Å². The summed E-state index contributed by atoms with van der Waals surface area (Å²) in [4.78, 5) is 34.8. The number of amides is 1. The van der Waals surface area contributed by atoms with Gasteiger partial charge in [-0.2, -0.15) is 0 Å². The molecule has 13 nitrogen and oxygen atoms in total. The van der Waals surface area contributed by atoms with Gasteiger partial charge in [-0.3, -0.25) is 25.0 Å². The Morgan fingerprint density at radius 2 is 1.74 bits per heavy atom. The topological polar surface area (TPSA) is 157 Å². The van der Waals surface area contributed by atoms with Gasteiger partial charge in [-0.15, -0.1) is 10.2 Å². The molecule has 0 spiro atoms. The Hall–Kier alpha value is -4.25. The van der Waals surface area contributed by atoms with Crippen molar-refractivity contribution < 1.29 is 19.4 Å². The van der Waals surface area contributed by atoms with Crippen molar-refractivity contribution in [1.82, 2.24) is 0 Å². The van der Waals surface area contributed by atoms with E-state index in [0.717, 1.165) is 12.1 Å². The summed E-state index contributed by atoms with van der Waals surface area (Å²) in [5.41, 5.74) is -0.391. The average Bonchev–Trinajstić information content (AvgIpc) is 2.78. The highest BCUT2D eigenvalue weighted by Crippen LogP contribution is 2.42. The molecule has 0 aliphatic carbocycles. The van der Waals surface area contributed by atoms with E-state index in [9.17, 15) is 25.0 Å². The van der Waals surface area contributed by atoms with Gasteiger partial charge in [0.1, 0.15) is 11.4 Å². The lowest BCUT2D eigenvalue weighted by atomic mass is 10.2. The van der Waals surface area contributed by atoms with E-state index in [1.54, 1.807) is 6.07 Å². The normalized spacial score (nSPS) is 10.6. The number of carbonyl (C=O) groups is 1. The van der Waals surface area contributed by atoms with Crippen molar-refractivity contribution in [3.63, 3.8) is 0 Å². The highest BCUT2D eigenvalue weighted by atomic mass is 32.2. The molecule has 2 aromatic carbocycles. The number of azo groups is 1. The minimum atomic E-state index is -0.827. The van der Waals surface area contributed by atoms with Gasteiger partial charge < -0.3 is 15.0 Å². The largest absolute Gasteiger partial charge is 0.494 e. The number of rotatable bonds is 10. The van der Waals surface area contributed by atoms with Crippen LogP contribution >= 0.6 is 11.9 Å². The first-order valence-corrected chi connectivity index (χ1v) is 10.6. The average molecular weight is 487 g/mol. The van der Waals surface area contributed by atoms with Crippen LogP contribution in [0.2, 0.25) is 0 Å². The van der Waals surface area contributed by atoms with E-state index >= 15 is 0 Å². The van der Waals surface area contributed by atoms with Crippen LogP contribution in [0.4, 0.5) is 34.1 Å². The van der Waals surface area contributed by atoms with Crippen LogP contribution in [0.1, 0.15) is 20.8 Å². The number of nitro groups is 2. The Balaban J connectivity index is 2.70. The molecule has 0 aliphatic rings. The molecule has 0 atom stereocenters. The molecule has 0 saturated heterocycles. The third-order valence-electron chi connectivity index (χ3n) is 4.57. The van der Waals surface area contributed by atoms with Crippen LogP contribution in [0.25, 0.3) is 4.25 Å². The summed E-state index contributed by atoms with van der Waals surface area (Å²) >= 11 is 0.457. The fraction of sp³-hybridized carbons (Fsp3) is 0.300. The smallest absolute Gasteiger partial charge is 0.303 e. The van der Waals surface area contributed by atoms with Gasteiger partial charge in [0.25, 0.3) is 5.69 Å². The van der Waals surface area contributed by atoms with Crippen molar-refractivity contribution in [2.75, 3.05) is 30.4 Å². The van der Waals surface area contributed by atoms with Crippen molar-refractivity contribution >= 4 is 52.0 Å². The number of hydrogen-bond acceptors (Lipinski definition) is 10. The minimum absolute atomic E-state index is 0.115. The molecule has 14 heteroatoms. The molecule has 0 unspecified atom stereocenters. The summed E-state index contributed by atoms with van der Waals surface area (Å²) in [6, 6.07) is 4.98. The number of nitrogens with one attached hydrogen (secondary N) is 1. The predicted octanol–water partition coefficient (Wildman–Crippen LogP) is 5.66. The Bertz CT molecular complexity index is 1190. The van der Waals surface area contributed by atoms with Gasteiger partial charge in [-0.25, -0.2) is 10.8 Å². The third-order valence-corrected chi connectivity index (χ3v) is 5.19. The first kappa shape index (κ1) is 26.0. The van der Waals surface area contributed by atoms with Gasteiger partial charge in [-0.05, 0) is 19.9 Å². The second-order valence-electron chi connectivity index (χ2n) is 6.60. The molecule has 0 saturated carbocycles. The quantitative estimate of drug-likeness (QED) is 0.148. The number of methoxy groups -OCH3 is 1. The molecule has 0 radical (unpaired) electrons. The SMILES string of the molecule is [C-]#[N+]Sc1cc(N=Nc2cc(OC)c(N(CC)CC)cc2NC(C)=O)c([N+](=O)[O-])cc1[N+](=O)[O-]. The van der Waals surface area contributed by atoms with Crippen LogP contribution in [0, 0.1) is 26.8 Å². The second kappa shape index (κ2) is 11.6. The monoisotopic (exact) mass is 487 g/mol. The van der Waals surface area contributed by atoms with Gasteiger partial charge in [0.15, 0.2) is 10.6 Å². The lowest BCUT2D eigenvalue weighted by molar-refractivity contribution is -0.395. The number of hydrogen-bond donors (Lipinski definition) is 1. The number of carbonyl (C=O) groups excluding carboxylic acids is 1. The second-order valence-corrected chi connectivity index (χ2v) is 7.41. The summed E-state index contributed by atoms with van der Waals surface area (Å²) < 4.78 is 8.51. The molecular weight excluding hydrogens is 466 g/mol. The van der Waals surface area contributed by atoms with E-state index in [1.165, 1.54) is 20.1 Å². The molecule has 0 fully saturated rings. The summed E-state index contributed by atoms with van der Waals surface area (Å²) in [6.07, 6.45) is 0. The zero-order chi connectivity index (χ0) is 25.4. The molecule has 1 N–H and O–H groups in total. The van der Waals surface area contributed by atoms with E-state index in [4.69, 9.17) is 11.3 Å². The fourth-order valence-electron chi connectivity index (χ4n) is 3.05. The Morgan fingerprint density at radius 3 is 2.24 bits per heavy atom. The van der Waals surface area contributed by atoms with Crippen LogP contribution in [0.15, 0.2) is 39.4 Å². The van der Waals surface area contributed by atoms with E-state index in [0.29, 0.717) is 42.2 Å². The van der Waals surface area contributed by atoms with E-state index < -0.39 is 21.2 Å². The number of ether oxygens (including phenoxy) is 1. The van der Waals surface area contributed by atoms with Crippen LogP contribution in [0.5, 0.6) is 5.75 Å². The molecule has 0 heterocycles. The number of nitrogens with zero attached hydrogens (tertiary/aromatic N) is 6. The fourth-order valence-corrected chi connectivity index (χ4v) is 3.54. The molecule has 2 aromatic rings. The van der Waals surface area contributed by atoms with Crippen LogP contribution in [0.3, 0.4) is 0 Å². The zero-order valence-electron chi connectivity index (χ0n) is 18.8. The first-order valence-electron chi connectivity index (χ1n) is 9.83. The highest BCUT2D eigenvalue weighted by molar-refractivity contribution is 8.01. The van der Waals surface area contributed by atoms with Crippen molar-refractivity contribution in [2.24, 2.45) is 10.2 Å². The van der Waals surface area contributed by atoms with Gasteiger partial charge in [0.05, 0.1) is 34.4 Å². The van der Waals surface area contributed by atoms with Crippen LogP contribution < -0.4 is 15.0 Å². The maximum absolute atomic E-state index is 11.8. The van der Waals surface area contributed by atoms with Crippen molar-refractivity contribution in [3.8, 4) is 5.75 Å². The molecule has 1 amide bonds. The Kier molecular flexibility index (Phi) is 8.85. The Morgan fingerprint density at radius 1 is 1.12 bits per heavy atom. The molecular formula is C20H21N7O6S. The summed E-state index contributed by atoms with van der Waals surface area (Å²) in [6.45, 7) is 13.5. The Labute approximate surface area is 199 Å². The van der Waals surface area contributed by atoms with Crippen molar-refractivity contribution in [2.45, 2.75) is 25.7 Å². The maximum atomic E-state index is 11.8. The van der Waals surface area contributed by atoms with E-state index in [1.807, 2.05) is 18.7 Å². The summed E-state index contributed by atoms with van der Waals surface area (Å²) in [5, 5.41) is 33.4. The summed E-state index contributed by atoms with van der Waals surface area (Å²) in [7, 11) is 1.47. The zero-order valence-corrected chi connectivity index (χ0v) is 19.6. The molecule has 178 valence electrons. The lowest BCUT2D eigenvalue weighted by Gasteiger charge is -2.24. The maximum Gasteiger partial charge on any atom is 0.303 e.